The molecular formula is C42H86N2O2. The highest BCUT2D eigenvalue weighted by molar-refractivity contribution is 5.69. The highest BCUT2D eigenvalue weighted by atomic mass is 16.5. The zero-order valence-corrected chi connectivity index (χ0v) is 32.3. The van der Waals surface area contributed by atoms with E-state index in [4.69, 9.17) is 4.74 Å². The molecule has 0 spiro atoms. The van der Waals surface area contributed by atoms with Crippen molar-refractivity contribution in [1.82, 2.24) is 10.2 Å². The summed E-state index contributed by atoms with van der Waals surface area (Å²) in [6.45, 7) is 12.9. The molecule has 1 N–H and O–H groups in total. The maximum Gasteiger partial charge on any atom is 0.305 e. The van der Waals surface area contributed by atoms with E-state index in [9.17, 15) is 4.79 Å². The predicted octanol–water partition coefficient (Wildman–Crippen LogP) is 13.3. The quantitative estimate of drug-likeness (QED) is 0.0556. The van der Waals surface area contributed by atoms with Crippen LogP contribution in [0.25, 0.3) is 0 Å². The largest absolute Gasteiger partial charge is 0.466 e. The molecule has 0 aliphatic carbocycles. The zero-order chi connectivity index (χ0) is 33.6. The van der Waals surface area contributed by atoms with Crippen LogP contribution in [-0.4, -0.2) is 43.3 Å². The van der Waals surface area contributed by atoms with E-state index in [1.165, 1.54) is 212 Å². The van der Waals surface area contributed by atoms with E-state index >= 15 is 0 Å². The van der Waals surface area contributed by atoms with Gasteiger partial charge < -0.3 is 10.1 Å². The topological polar surface area (TPSA) is 41.6 Å². The van der Waals surface area contributed by atoms with Crippen molar-refractivity contribution < 1.29 is 9.53 Å². The summed E-state index contributed by atoms with van der Waals surface area (Å²) in [5.41, 5.74) is 0. The van der Waals surface area contributed by atoms with Crippen molar-refractivity contribution in [2.75, 3.05) is 26.2 Å². The number of carbonyl (C=O) groups is 1. The van der Waals surface area contributed by atoms with Crippen molar-refractivity contribution in [2.24, 2.45) is 0 Å². The van der Waals surface area contributed by atoms with Gasteiger partial charge in [-0.2, -0.15) is 0 Å². The minimum atomic E-state index is -0.0304. The third-order valence-electron chi connectivity index (χ3n) is 10.00. The van der Waals surface area contributed by atoms with Gasteiger partial charge in [0.15, 0.2) is 0 Å². The normalized spacial score (nSPS) is 14.8. The Balaban J connectivity index is 0.000000885. The molecule has 1 fully saturated rings. The third kappa shape index (κ3) is 33.3. The van der Waals surface area contributed by atoms with Crippen LogP contribution in [0.2, 0.25) is 0 Å². The lowest BCUT2D eigenvalue weighted by atomic mass is 10.0. The van der Waals surface area contributed by atoms with Crippen LogP contribution in [0, 0.1) is 0 Å². The number of ether oxygens (including phenoxy) is 1. The number of nitrogens with one attached hydrogen (secondary N) is 1. The molecular weight excluding hydrogens is 564 g/mol. The fourth-order valence-corrected chi connectivity index (χ4v) is 6.91. The number of unbranched alkanes of at least 4 members (excludes halogenated alkanes) is 28. The summed E-state index contributed by atoms with van der Waals surface area (Å²) in [4.78, 5) is 13.7. The van der Waals surface area contributed by atoms with Crippen LogP contribution in [0.1, 0.15) is 233 Å². The minimum Gasteiger partial charge on any atom is -0.466 e. The first kappa shape index (κ1) is 45.4. The second-order valence-electron chi connectivity index (χ2n) is 14.3. The molecule has 0 bridgehead atoms. The van der Waals surface area contributed by atoms with Gasteiger partial charge in [-0.1, -0.05) is 207 Å². The minimum absolute atomic E-state index is 0.0304. The molecule has 0 aromatic carbocycles. The summed E-state index contributed by atoms with van der Waals surface area (Å²) in [7, 11) is 0. The Morgan fingerprint density at radius 2 is 0.870 bits per heavy atom. The smallest absolute Gasteiger partial charge is 0.305 e. The number of nitrogens with zero attached hydrogens (tertiary/aromatic N) is 1. The highest BCUT2D eigenvalue weighted by Crippen LogP contribution is 2.16. The fraction of sp³-hybridized carbons (Fsp3) is 0.976. The number of hydrogen-bond acceptors (Lipinski definition) is 4. The first-order valence-electron chi connectivity index (χ1n) is 21.3. The number of hydrogen-bond donors (Lipinski definition) is 1. The van der Waals surface area contributed by atoms with Crippen molar-refractivity contribution in [2.45, 2.75) is 239 Å². The molecule has 4 heteroatoms. The SMILES string of the molecule is CCCCCCCCCCCCCCCCCC(=O)OCC.CCCCCCCCCCCCCCCCCC1NCCN1CC. The first-order valence-corrected chi connectivity index (χ1v) is 21.3. The van der Waals surface area contributed by atoms with E-state index in [-0.39, 0.29) is 5.97 Å². The van der Waals surface area contributed by atoms with Crippen molar-refractivity contribution in [3.63, 3.8) is 0 Å². The lowest BCUT2D eigenvalue weighted by Crippen LogP contribution is -2.35. The van der Waals surface area contributed by atoms with E-state index in [2.05, 4.69) is 31.0 Å². The summed E-state index contributed by atoms with van der Waals surface area (Å²) < 4.78 is 4.92. The maximum absolute atomic E-state index is 11.2. The van der Waals surface area contributed by atoms with Gasteiger partial charge in [0.1, 0.15) is 0 Å². The average Bonchev–Trinajstić information content (AvgIpc) is 3.52. The number of carbonyl (C=O) groups excluding carboxylic acids is 1. The molecule has 1 unspecified atom stereocenters. The van der Waals surface area contributed by atoms with Crippen molar-refractivity contribution >= 4 is 5.97 Å². The van der Waals surface area contributed by atoms with Crippen LogP contribution in [-0.2, 0) is 9.53 Å². The molecule has 1 heterocycles. The Bertz CT molecular complexity index is 584. The van der Waals surface area contributed by atoms with Gasteiger partial charge in [0.25, 0.3) is 0 Å². The van der Waals surface area contributed by atoms with Gasteiger partial charge >= 0.3 is 5.97 Å². The van der Waals surface area contributed by atoms with Gasteiger partial charge in [-0.05, 0) is 26.3 Å². The molecule has 0 aromatic rings. The third-order valence-corrected chi connectivity index (χ3v) is 10.00. The lowest BCUT2D eigenvalue weighted by Gasteiger charge is -2.22. The Morgan fingerprint density at radius 3 is 1.22 bits per heavy atom. The summed E-state index contributed by atoms with van der Waals surface area (Å²) >= 11 is 0. The van der Waals surface area contributed by atoms with Gasteiger partial charge in [-0.15, -0.1) is 0 Å². The Labute approximate surface area is 290 Å². The van der Waals surface area contributed by atoms with Crippen molar-refractivity contribution in [1.29, 1.82) is 0 Å². The Kier molecular flexibility index (Phi) is 38.3. The molecule has 1 aliphatic rings. The van der Waals surface area contributed by atoms with Gasteiger partial charge in [-0.25, -0.2) is 0 Å². The lowest BCUT2D eigenvalue weighted by molar-refractivity contribution is -0.143. The number of likely N-dealkylation sites (N-methyl/N-ethyl adjacent to an activating group) is 1. The van der Waals surface area contributed by atoms with Gasteiger partial charge in [0.2, 0.25) is 0 Å². The van der Waals surface area contributed by atoms with Crippen LogP contribution in [0.4, 0.5) is 0 Å². The zero-order valence-electron chi connectivity index (χ0n) is 32.3. The highest BCUT2D eigenvalue weighted by Gasteiger charge is 2.20. The molecule has 0 saturated carbocycles. The second kappa shape index (κ2) is 38.8. The van der Waals surface area contributed by atoms with E-state index in [1.54, 1.807) is 0 Å². The monoisotopic (exact) mass is 651 g/mol. The Hall–Kier alpha value is -0.610. The predicted molar refractivity (Wildman–Crippen MR) is 205 cm³/mol. The molecule has 1 aliphatic heterocycles. The van der Waals surface area contributed by atoms with Crippen molar-refractivity contribution in [3.05, 3.63) is 0 Å². The van der Waals surface area contributed by atoms with E-state index in [0.29, 0.717) is 19.2 Å². The molecule has 276 valence electrons. The maximum atomic E-state index is 11.2. The van der Waals surface area contributed by atoms with Crippen LogP contribution < -0.4 is 5.32 Å². The summed E-state index contributed by atoms with van der Waals surface area (Å²) in [5.74, 6) is -0.0304. The number of rotatable bonds is 34. The summed E-state index contributed by atoms with van der Waals surface area (Å²) in [6.07, 6.45) is 44.8. The van der Waals surface area contributed by atoms with Gasteiger partial charge in [-0.3, -0.25) is 9.69 Å². The van der Waals surface area contributed by atoms with E-state index in [1.807, 2.05) is 6.92 Å². The average molecular weight is 651 g/mol. The fourth-order valence-electron chi connectivity index (χ4n) is 6.91. The standard InChI is InChI=1S/C22H46N2.C20H40O2/c1-3-5-6-7-8-9-10-11-12-13-14-15-16-17-18-19-22-23-20-21-24(22)4-2;1-3-5-6-7-8-9-10-11-12-13-14-15-16-17-18-19-20(21)22-4-2/h22-23H,3-21H2,1-2H3;3-19H2,1-2H3. The summed E-state index contributed by atoms with van der Waals surface area (Å²) in [6, 6.07) is 0. The Morgan fingerprint density at radius 1 is 0.522 bits per heavy atom. The second-order valence-corrected chi connectivity index (χ2v) is 14.3. The van der Waals surface area contributed by atoms with Gasteiger partial charge in [0, 0.05) is 19.5 Å². The first-order chi connectivity index (χ1) is 22.7. The van der Waals surface area contributed by atoms with Crippen LogP contribution in [0.15, 0.2) is 0 Å². The summed E-state index contributed by atoms with van der Waals surface area (Å²) in [5, 5.41) is 3.63. The van der Waals surface area contributed by atoms with Crippen LogP contribution in [0.3, 0.4) is 0 Å². The van der Waals surface area contributed by atoms with Crippen LogP contribution >= 0.6 is 0 Å². The number of esters is 1. The molecule has 4 nitrogen and oxygen atoms in total. The molecule has 0 amide bonds. The van der Waals surface area contributed by atoms with E-state index in [0.717, 1.165) is 6.42 Å². The molecule has 1 saturated heterocycles. The molecule has 0 aromatic heterocycles. The molecule has 1 atom stereocenters. The molecule has 0 radical (unpaired) electrons. The van der Waals surface area contributed by atoms with Crippen molar-refractivity contribution in [3.8, 4) is 0 Å². The molecule has 46 heavy (non-hydrogen) atoms. The van der Waals surface area contributed by atoms with Gasteiger partial charge in [0.05, 0.1) is 12.8 Å². The van der Waals surface area contributed by atoms with Crippen LogP contribution in [0.5, 0.6) is 0 Å². The molecule has 1 rings (SSSR count). The van der Waals surface area contributed by atoms with E-state index < -0.39 is 0 Å².